The molecule has 5 nitrogen and oxygen atoms in total. The van der Waals surface area contributed by atoms with Crippen LogP contribution in [0.4, 0.5) is 5.69 Å². The van der Waals surface area contributed by atoms with E-state index >= 15 is 0 Å². The second kappa shape index (κ2) is 12.0. The zero-order chi connectivity index (χ0) is 17.6. The molecule has 130 valence electrons. The molecule has 0 aliphatic carbocycles. The molecule has 0 saturated heterocycles. The average Bonchev–Trinajstić information content (AvgIpc) is 2.59. The Balaban J connectivity index is 2.50. The van der Waals surface area contributed by atoms with Crippen LogP contribution in [0.2, 0.25) is 0 Å². The van der Waals surface area contributed by atoms with Gasteiger partial charge in [0.2, 0.25) is 0 Å². The summed E-state index contributed by atoms with van der Waals surface area (Å²) in [5.74, 6) is 0.130. The Bertz CT molecular complexity index is 576. The number of nitrogens with one attached hydrogen (secondary N) is 1. The summed E-state index contributed by atoms with van der Waals surface area (Å²) in [6.07, 6.45) is 7.32. The van der Waals surface area contributed by atoms with Gasteiger partial charge in [-0.2, -0.15) is 5.26 Å². The third-order valence-electron chi connectivity index (χ3n) is 3.35. The number of benzene rings is 1. The van der Waals surface area contributed by atoms with E-state index in [1.54, 1.807) is 6.92 Å². The van der Waals surface area contributed by atoms with Gasteiger partial charge in [-0.3, -0.25) is 0 Å². The first-order valence-electron chi connectivity index (χ1n) is 8.48. The number of hydrogen-bond acceptors (Lipinski definition) is 5. The van der Waals surface area contributed by atoms with Crippen molar-refractivity contribution < 1.29 is 14.3 Å². The first kappa shape index (κ1) is 19.6. The van der Waals surface area contributed by atoms with Crippen molar-refractivity contribution in [1.29, 1.82) is 5.26 Å². The van der Waals surface area contributed by atoms with Crippen LogP contribution >= 0.6 is 0 Å². The lowest BCUT2D eigenvalue weighted by molar-refractivity contribution is -0.138. The van der Waals surface area contributed by atoms with Crippen molar-refractivity contribution in [2.45, 2.75) is 46.0 Å². The predicted octanol–water partition coefficient (Wildman–Crippen LogP) is 4.42. The number of nitriles is 1. The molecule has 0 unspecified atom stereocenters. The summed E-state index contributed by atoms with van der Waals surface area (Å²) in [7, 11) is 0. The Hall–Kier alpha value is -2.48. The number of carbonyl (C=O) groups excluding carboxylic acids is 1. The van der Waals surface area contributed by atoms with Gasteiger partial charge in [-0.15, -0.1) is 0 Å². The number of carbonyl (C=O) groups is 1. The number of anilines is 1. The Labute approximate surface area is 144 Å². The minimum absolute atomic E-state index is 0.0703. The molecule has 0 amide bonds. The molecule has 0 aliphatic heterocycles. The molecule has 5 heteroatoms. The van der Waals surface area contributed by atoms with Crippen LogP contribution in [0.1, 0.15) is 46.0 Å². The molecular formula is C19H26N2O3. The van der Waals surface area contributed by atoms with E-state index in [2.05, 4.69) is 12.2 Å². The van der Waals surface area contributed by atoms with Crippen LogP contribution in [-0.4, -0.2) is 19.2 Å². The van der Waals surface area contributed by atoms with E-state index in [0.717, 1.165) is 17.9 Å². The van der Waals surface area contributed by atoms with E-state index in [1.165, 1.54) is 31.9 Å². The Morgan fingerprint density at radius 1 is 1.25 bits per heavy atom. The molecule has 0 aliphatic rings. The van der Waals surface area contributed by atoms with Gasteiger partial charge in [0.15, 0.2) is 5.57 Å². The second-order valence-corrected chi connectivity index (χ2v) is 5.33. The fourth-order valence-corrected chi connectivity index (χ4v) is 2.07. The van der Waals surface area contributed by atoms with Crippen molar-refractivity contribution in [3.05, 3.63) is 36.0 Å². The van der Waals surface area contributed by atoms with Crippen molar-refractivity contribution in [3.63, 3.8) is 0 Å². The highest BCUT2D eigenvalue weighted by Gasteiger charge is 2.09. The number of unbranched alkanes of at least 4 members (excludes halogenated alkanes) is 4. The van der Waals surface area contributed by atoms with Gasteiger partial charge >= 0.3 is 5.97 Å². The Morgan fingerprint density at radius 3 is 2.75 bits per heavy atom. The predicted molar refractivity (Wildman–Crippen MR) is 94.6 cm³/mol. The summed E-state index contributed by atoms with van der Waals surface area (Å²) >= 11 is 0. The smallest absolute Gasteiger partial charge is 0.350 e. The van der Waals surface area contributed by atoms with Crippen LogP contribution in [-0.2, 0) is 9.53 Å². The third-order valence-corrected chi connectivity index (χ3v) is 3.35. The molecule has 0 radical (unpaired) electrons. The zero-order valence-corrected chi connectivity index (χ0v) is 14.5. The van der Waals surface area contributed by atoms with Gasteiger partial charge in [0.25, 0.3) is 0 Å². The fourth-order valence-electron chi connectivity index (χ4n) is 2.07. The number of ether oxygens (including phenoxy) is 2. The number of esters is 1. The fraction of sp³-hybridized carbons (Fsp3) is 0.474. The highest BCUT2D eigenvalue weighted by molar-refractivity contribution is 5.93. The molecule has 1 aromatic carbocycles. The molecule has 0 atom stereocenters. The van der Waals surface area contributed by atoms with Crippen molar-refractivity contribution in [2.24, 2.45) is 0 Å². The van der Waals surface area contributed by atoms with E-state index in [-0.39, 0.29) is 12.2 Å². The SMILES string of the molecule is CCCCCCCOc1cccc(N/C=C(\C#N)C(=O)OCC)c1. The van der Waals surface area contributed by atoms with E-state index in [1.807, 2.05) is 30.3 Å². The monoisotopic (exact) mass is 330 g/mol. The summed E-state index contributed by atoms with van der Waals surface area (Å²) in [5.41, 5.74) is 0.676. The van der Waals surface area contributed by atoms with Crippen LogP contribution in [0.3, 0.4) is 0 Å². The summed E-state index contributed by atoms with van der Waals surface area (Å²) in [4.78, 5) is 11.5. The van der Waals surface area contributed by atoms with E-state index in [9.17, 15) is 4.79 Å². The Kier molecular flexibility index (Phi) is 9.79. The molecule has 0 spiro atoms. The summed E-state index contributed by atoms with van der Waals surface area (Å²) in [6, 6.07) is 9.24. The van der Waals surface area contributed by atoms with Gasteiger partial charge in [0, 0.05) is 18.0 Å². The van der Waals surface area contributed by atoms with Gasteiger partial charge in [-0.1, -0.05) is 38.7 Å². The maximum atomic E-state index is 11.5. The van der Waals surface area contributed by atoms with Crippen LogP contribution < -0.4 is 10.1 Å². The molecular weight excluding hydrogens is 304 g/mol. The molecule has 1 aromatic rings. The van der Waals surface area contributed by atoms with Crippen LogP contribution in [0, 0.1) is 11.3 Å². The molecule has 24 heavy (non-hydrogen) atoms. The van der Waals surface area contributed by atoms with Crippen molar-refractivity contribution in [1.82, 2.24) is 0 Å². The number of hydrogen-bond donors (Lipinski definition) is 1. The van der Waals surface area contributed by atoms with Crippen LogP contribution in [0.5, 0.6) is 5.75 Å². The number of rotatable bonds is 11. The Morgan fingerprint density at radius 2 is 2.04 bits per heavy atom. The van der Waals surface area contributed by atoms with Gasteiger partial charge in [0.05, 0.1) is 13.2 Å². The normalized spacial score (nSPS) is 10.8. The standard InChI is InChI=1S/C19H26N2O3/c1-3-5-6-7-8-12-24-18-11-9-10-17(13-18)21-15-16(14-20)19(22)23-4-2/h9-11,13,15,21H,3-8,12H2,1-2H3/b16-15+. The zero-order valence-electron chi connectivity index (χ0n) is 14.5. The van der Waals surface area contributed by atoms with Crippen molar-refractivity contribution in [2.75, 3.05) is 18.5 Å². The minimum atomic E-state index is -0.632. The molecule has 0 heterocycles. The molecule has 0 saturated carbocycles. The van der Waals surface area contributed by atoms with Gasteiger partial charge in [0.1, 0.15) is 11.8 Å². The quantitative estimate of drug-likeness (QED) is 0.281. The van der Waals surface area contributed by atoms with Crippen molar-refractivity contribution >= 4 is 11.7 Å². The van der Waals surface area contributed by atoms with Gasteiger partial charge in [-0.25, -0.2) is 4.79 Å². The van der Waals surface area contributed by atoms with E-state index < -0.39 is 5.97 Å². The van der Waals surface area contributed by atoms with E-state index in [4.69, 9.17) is 14.7 Å². The first-order chi connectivity index (χ1) is 11.7. The van der Waals surface area contributed by atoms with Crippen LogP contribution in [0.25, 0.3) is 0 Å². The van der Waals surface area contributed by atoms with E-state index in [0.29, 0.717) is 6.61 Å². The lowest BCUT2D eigenvalue weighted by Gasteiger charge is -2.08. The van der Waals surface area contributed by atoms with Crippen molar-refractivity contribution in [3.8, 4) is 11.8 Å². The third kappa shape index (κ3) is 7.68. The molecule has 1 N–H and O–H groups in total. The highest BCUT2D eigenvalue weighted by Crippen LogP contribution is 2.18. The number of nitrogens with zero attached hydrogens (tertiary/aromatic N) is 1. The minimum Gasteiger partial charge on any atom is -0.494 e. The molecule has 0 fully saturated rings. The topological polar surface area (TPSA) is 71.3 Å². The van der Waals surface area contributed by atoms with Gasteiger partial charge < -0.3 is 14.8 Å². The molecule has 0 aromatic heterocycles. The summed E-state index contributed by atoms with van der Waals surface area (Å²) in [6.45, 7) is 4.82. The summed E-state index contributed by atoms with van der Waals surface area (Å²) in [5, 5.41) is 11.9. The largest absolute Gasteiger partial charge is 0.494 e. The maximum Gasteiger partial charge on any atom is 0.350 e. The highest BCUT2D eigenvalue weighted by atomic mass is 16.5. The van der Waals surface area contributed by atoms with Crippen LogP contribution in [0.15, 0.2) is 36.0 Å². The molecule has 1 rings (SSSR count). The lowest BCUT2D eigenvalue weighted by Crippen LogP contribution is -2.07. The second-order valence-electron chi connectivity index (χ2n) is 5.33. The average molecular weight is 330 g/mol. The first-order valence-corrected chi connectivity index (χ1v) is 8.48. The lowest BCUT2D eigenvalue weighted by atomic mass is 10.2. The molecule has 0 bridgehead atoms. The maximum absolute atomic E-state index is 11.5. The van der Waals surface area contributed by atoms with Gasteiger partial charge in [-0.05, 0) is 25.5 Å². The summed E-state index contributed by atoms with van der Waals surface area (Å²) < 4.78 is 10.5.